The van der Waals surface area contributed by atoms with E-state index >= 15 is 0 Å². The molecule has 0 spiro atoms. The fourth-order valence-electron chi connectivity index (χ4n) is 2.99. The number of aromatic amines is 1. The van der Waals surface area contributed by atoms with Gasteiger partial charge in [0.1, 0.15) is 17.2 Å². The molecule has 0 saturated carbocycles. The minimum Gasteiger partial charge on any atom is -0.497 e. The van der Waals surface area contributed by atoms with Crippen LogP contribution in [0.5, 0.6) is 11.5 Å². The average molecular weight is 300 g/mol. The van der Waals surface area contributed by atoms with Crippen molar-refractivity contribution in [2.24, 2.45) is 0 Å². The summed E-state index contributed by atoms with van der Waals surface area (Å²) in [7, 11) is 3.32. The predicted octanol–water partition coefficient (Wildman–Crippen LogP) is 2.66. The van der Waals surface area contributed by atoms with E-state index in [1.54, 1.807) is 20.4 Å². The molecule has 1 aliphatic heterocycles. The van der Waals surface area contributed by atoms with Crippen LogP contribution in [-0.2, 0) is 0 Å². The number of hydrogen-bond acceptors (Lipinski definition) is 3. The van der Waals surface area contributed by atoms with Gasteiger partial charge >= 0.3 is 0 Å². The van der Waals surface area contributed by atoms with Crippen LogP contribution < -0.4 is 9.47 Å². The Labute approximate surface area is 129 Å². The summed E-state index contributed by atoms with van der Waals surface area (Å²) >= 11 is 0. The second kappa shape index (κ2) is 6.13. The standard InChI is InChI=1S/C17H20N2O3/c1-21-13-5-6-16(22-2)14(10-13)12-7-9-19(11-12)17(20)15-4-3-8-18-15/h3-6,8,10,12,18H,7,9,11H2,1-2H3/t12-/m0/s1. The summed E-state index contributed by atoms with van der Waals surface area (Å²) in [6.07, 6.45) is 2.70. The summed E-state index contributed by atoms with van der Waals surface area (Å²) in [5.74, 6) is 1.98. The van der Waals surface area contributed by atoms with Crippen LogP contribution in [0.15, 0.2) is 36.5 Å². The largest absolute Gasteiger partial charge is 0.497 e. The maximum absolute atomic E-state index is 12.4. The minimum absolute atomic E-state index is 0.0503. The first-order valence-electron chi connectivity index (χ1n) is 7.37. The lowest BCUT2D eigenvalue weighted by atomic mass is 9.97. The van der Waals surface area contributed by atoms with Crippen molar-refractivity contribution >= 4 is 5.91 Å². The molecule has 1 aromatic heterocycles. The molecule has 5 heteroatoms. The summed E-state index contributed by atoms with van der Waals surface area (Å²) in [4.78, 5) is 17.3. The highest BCUT2D eigenvalue weighted by atomic mass is 16.5. The average Bonchev–Trinajstić information content (AvgIpc) is 3.25. The van der Waals surface area contributed by atoms with Gasteiger partial charge in [-0.15, -0.1) is 0 Å². The third-order valence-corrected chi connectivity index (χ3v) is 4.18. The number of aromatic nitrogens is 1. The number of carbonyl (C=O) groups is 1. The third-order valence-electron chi connectivity index (χ3n) is 4.18. The van der Waals surface area contributed by atoms with Crippen LogP contribution in [0.1, 0.15) is 28.4 Å². The van der Waals surface area contributed by atoms with Crippen molar-refractivity contribution in [3.63, 3.8) is 0 Å². The fraction of sp³-hybridized carbons (Fsp3) is 0.353. The normalized spacial score (nSPS) is 17.5. The lowest BCUT2D eigenvalue weighted by molar-refractivity contribution is 0.0785. The number of ether oxygens (including phenoxy) is 2. The molecule has 2 heterocycles. The highest BCUT2D eigenvalue weighted by Crippen LogP contribution is 2.36. The second-order valence-electron chi connectivity index (χ2n) is 5.43. The molecule has 0 bridgehead atoms. The Morgan fingerprint density at radius 1 is 1.27 bits per heavy atom. The quantitative estimate of drug-likeness (QED) is 0.944. The minimum atomic E-state index is 0.0503. The third kappa shape index (κ3) is 2.66. The van der Waals surface area contributed by atoms with E-state index < -0.39 is 0 Å². The Balaban J connectivity index is 1.79. The number of carbonyl (C=O) groups excluding carboxylic acids is 1. The first-order valence-corrected chi connectivity index (χ1v) is 7.37. The van der Waals surface area contributed by atoms with Gasteiger partial charge in [-0.3, -0.25) is 4.79 Å². The van der Waals surface area contributed by atoms with Crippen molar-refractivity contribution in [1.29, 1.82) is 0 Å². The Bertz CT molecular complexity index is 652. The van der Waals surface area contributed by atoms with Crippen molar-refractivity contribution in [2.75, 3.05) is 27.3 Å². The van der Waals surface area contributed by atoms with E-state index in [9.17, 15) is 4.79 Å². The van der Waals surface area contributed by atoms with Gasteiger partial charge in [0.15, 0.2) is 0 Å². The molecule has 1 amide bonds. The van der Waals surface area contributed by atoms with Gasteiger partial charge in [-0.1, -0.05) is 0 Å². The van der Waals surface area contributed by atoms with E-state index in [1.807, 2.05) is 35.2 Å². The molecule has 1 fully saturated rings. The number of H-pyrrole nitrogens is 1. The molecule has 2 aromatic rings. The van der Waals surface area contributed by atoms with Gasteiger partial charge in [0.25, 0.3) is 5.91 Å². The molecule has 22 heavy (non-hydrogen) atoms. The van der Waals surface area contributed by atoms with Gasteiger partial charge in [0.2, 0.25) is 0 Å². The monoisotopic (exact) mass is 300 g/mol. The molecule has 0 aliphatic carbocycles. The van der Waals surface area contributed by atoms with Crippen molar-refractivity contribution in [3.8, 4) is 11.5 Å². The van der Waals surface area contributed by atoms with Crippen LogP contribution in [-0.4, -0.2) is 43.1 Å². The van der Waals surface area contributed by atoms with Crippen LogP contribution in [0.3, 0.4) is 0 Å². The number of rotatable bonds is 4. The lowest BCUT2D eigenvalue weighted by Gasteiger charge is -2.18. The molecule has 5 nitrogen and oxygen atoms in total. The van der Waals surface area contributed by atoms with Gasteiger partial charge in [0, 0.05) is 30.8 Å². The Kier molecular flexibility index (Phi) is 4.04. The number of hydrogen-bond donors (Lipinski definition) is 1. The molecule has 1 aliphatic rings. The van der Waals surface area contributed by atoms with E-state index in [0.29, 0.717) is 12.2 Å². The number of amides is 1. The van der Waals surface area contributed by atoms with Crippen molar-refractivity contribution < 1.29 is 14.3 Å². The van der Waals surface area contributed by atoms with Crippen LogP contribution in [0, 0.1) is 0 Å². The highest BCUT2D eigenvalue weighted by Gasteiger charge is 2.30. The zero-order valence-electron chi connectivity index (χ0n) is 12.8. The summed E-state index contributed by atoms with van der Waals surface area (Å²) in [5.41, 5.74) is 1.74. The predicted molar refractivity (Wildman–Crippen MR) is 83.6 cm³/mol. The van der Waals surface area contributed by atoms with E-state index in [2.05, 4.69) is 4.98 Å². The number of nitrogens with zero attached hydrogens (tertiary/aromatic N) is 1. The first kappa shape index (κ1) is 14.5. The van der Waals surface area contributed by atoms with Gasteiger partial charge < -0.3 is 19.4 Å². The van der Waals surface area contributed by atoms with E-state index in [-0.39, 0.29) is 11.8 Å². The molecular weight excluding hydrogens is 280 g/mol. The topological polar surface area (TPSA) is 54.6 Å². The van der Waals surface area contributed by atoms with E-state index in [0.717, 1.165) is 30.0 Å². The van der Waals surface area contributed by atoms with Gasteiger partial charge in [-0.2, -0.15) is 0 Å². The zero-order chi connectivity index (χ0) is 15.5. The highest BCUT2D eigenvalue weighted by molar-refractivity contribution is 5.92. The molecule has 3 rings (SSSR count). The number of benzene rings is 1. The van der Waals surface area contributed by atoms with E-state index in [1.165, 1.54) is 0 Å². The second-order valence-corrected chi connectivity index (χ2v) is 5.43. The SMILES string of the molecule is COc1ccc(OC)c([C@H]2CCN(C(=O)c3ccc[nH]3)C2)c1. The lowest BCUT2D eigenvalue weighted by Crippen LogP contribution is -2.28. The van der Waals surface area contributed by atoms with Crippen LogP contribution in [0.25, 0.3) is 0 Å². The van der Waals surface area contributed by atoms with E-state index in [4.69, 9.17) is 9.47 Å². The number of nitrogens with one attached hydrogen (secondary N) is 1. The Hall–Kier alpha value is -2.43. The summed E-state index contributed by atoms with van der Waals surface area (Å²) in [6.45, 7) is 1.45. The Morgan fingerprint density at radius 3 is 2.82 bits per heavy atom. The zero-order valence-corrected chi connectivity index (χ0v) is 12.8. The molecule has 1 atom stereocenters. The van der Waals surface area contributed by atoms with Crippen LogP contribution in [0.2, 0.25) is 0 Å². The molecular formula is C17H20N2O3. The molecule has 0 radical (unpaired) electrons. The van der Waals surface area contributed by atoms with Gasteiger partial charge in [0.05, 0.1) is 14.2 Å². The van der Waals surface area contributed by atoms with Gasteiger partial charge in [-0.05, 0) is 36.8 Å². The van der Waals surface area contributed by atoms with Crippen LogP contribution >= 0.6 is 0 Å². The molecule has 1 N–H and O–H groups in total. The Morgan fingerprint density at radius 2 is 2.14 bits per heavy atom. The van der Waals surface area contributed by atoms with Crippen LogP contribution in [0.4, 0.5) is 0 Å². The number of methoxy groups -OCH3 is 2. The smallest absolute Gasteiger partial charge is 0.270 e. The molecule has 1 saturated heterocycles. The number of likely N-dealkylation sites (tertiary alicyclic amines) is 1. The molecule has 1 aromatic carbocycles. The molecule has 0 unspecified atom stereocenters. The maximum Gasteiger partial charge on any atom is 0.270 e. The fourth-order valence-corrected chi connectivity index (χ4v) is 2.99. The molecule has 116 valence electrons. The maximum atomic E-state index is 12.4. The van der Waals surface area contributed by atoms with Gasteiger partial charge in [-0.25, -0.2) is 0 Å². The summed E-state index contributed by atoms with van der Waals surface area (Å²) in [6, 6.07) is 9.46. The summed E-state index contributed by atoms with van der Waals surface area (Å²) < 4.78 is 10.8. The van der Waals surface area contributed by atoms with Crippen molar-refractivity contribution in [2.45, 2.75) is 12.3 Å². The first-order chi connectivity index (χ1) is 10.7. The van der Waals surface area contributed by atoms with Crippen molar-refractivity contribution in [3.05, 3.63) is 47.8 Å². The summed E-state index contributed by atoms with van der Waals surface area (Å²) in [5, 5.41) is 0. The van der Waals surface area contributed by atoms with Crippen molar-refractivity contribution in [1.82, 2.24) is 9.88 Å².